The van der Waals surface area contributed by atoms with Crippen molar-refractivity contribution in [3.8, 4) is 0 Å². The van der Waals surface area contributed by atoms with Crippen LogP contribution >= 0.6 is 12.6 Å². The van der Waals surface area contributed by atoms with Crippen molar-refractivity contribution >= 4 is 24.5 Å². The van der Waals surface area contributed by atoms with Crippen molar-refractivity contribution < 1.29 is 24.3 Å². The van der Waals surface area contributed by atoms with Gasteiger partial charge >= 0.3 is 5.97 Å². The van der Waals surface area contributed by atoms with Gasteiger partial charge in [0.25, 0.3) is 11.0 Å². The molecule has 0 fully saturated rings. The second-order valence-corrected chi connectivity index (χ2v) is 4.52. The molecule has 1 aromatic carbocycles. The lowest BCUT2D eigenvalue weighted by Crippen LogP contribution is -2.43. The molecule has 0 bridgehead atoms. The number of amides is 1. The number of ether oxygens (including phenoxy) is 1. The molecule has 1 atom stereocenters. The van der Waals surface area contributed by atoms with Gasteiger partial charge in [0.15, 0.2) is 0 Å². The largest absolute Gasteiger partial charge is 0.464 e. The predicted octanol–water partition coefficient (Wildman–Crippen LogP) is 0.986. The molecule has 22 heavy (non-hydrogen) atoms. The Labute approximate surface area is 132 Å². The van der Waals surface area contributed by atoms with Crippen LogP contribution < -0.4 is 5.32 Å². The molecule has 0 spiro atoms. The standard InChI is InChI=1S/C13H16N2O6S/c1-2-20-13(17)11(8-22)14-12(16)10-5-3-9(4-6-10)7-21-15(18)19/h3-6,11,22H,2,7-8H2,1H3,(H,14,16). The first-order valence-electron chi connectivity index (χ1n) is 6.42. The van der Waals surface area contributed by atoms with E-state index in [0.29, 0.717) is 11.1 Å². The lowest BCUT2D eigenvalue weighted by Gasteiger charge is -2.15. The molecule has 1 amide bonds. The SMILES string of the molecule is CCOC(=O)C(CS)NC(=O)c1ccc(CO[N+](=O)[O-])cc1. The fourth-order valence-electron chi connectivity index (χ4n) is 1.54. The number of hydrogen-bond acceptors (Lipinski definition) is 7. The Morgan fingerprint density at radius 2 is 2.00 bits per heavy atom. The van der Waals surface area contributed by atoms with E-state index in [4.69, 9.17) is 4.74 Å². The highest BCUT2D eigenvalue weighted by molar-refractivity contribution is 7.80. The number of esters is 1. The number of carbonyl (C=O) groups is 2. The van der Waals surface area contributed by atoms with E-state index in [9.17, 15) is 19.7 Å². The van der Waals surface area contributed by atoms with Crippen LogP contribution in [0, 0.1) is 10.1 Å². The maximum Gasteiger partial charge on any atom is 0.329 e. The molecule has 0 radical (unpaired) electrons. The zero-order valence-corrected chi connectivity index (χ0v) is 12.7. The quantitative estimate of drug-likeness (QED) is 0.319. The van der Waals surface area contributed by atoms with Gasteiger partial charge in [0.05, 0.1) is 6.61 Å². The molecule has 8 nitrogen and oxygen atoms in total. The average molecular weight is 328 g/mol. The Balaban J connectivity index is 2.64. The molecular formula is C13H16N2O6S. The number of thiol groups is 1. The summed E-state index contributed by atoms with van der Waals surface area (Å²) in [6.07, 6.45) is 0. The van der Waals surface area contributed by atoms with Crippen LogP contribution in [-0.4, -0.2) is 35.4 Å². The fraction of sp³-hybridized carbons (Fsp3) is 0.385. The number of rotatable bonds is 8. The highest BCUT2D eigenvalue weighted by atomic mass is 32.1. The smallest absolute Gasteiger partial charge is 0.329 e. The maximum atomic E-state index is 12.0. The van der Waals surface area contributed by atoms with Crippen LogP contribution in [-0.2, 0) is 21.0 Å². The maximum absolute atomic E-state index is 12.0. The first kappa shape index (κ1) is 17.8. The highest BCUT2D eigenvalue weighted by Gasteiger charge is 2.21. The topological polar surface area (TPSA) is 108 Å². The van der Waals surface area contributed by atoms with E-state index in [-0.39, 0.29) is 19.0 Å². The number of nitrogens with one attached hydrogen (secondary N) is 1. The molecule has 0 heterocycles. The van der Waals surface area contributed by atoms with Gasteiger partial charge in [0.1, 0.15) is 12.6 Å². The molecule has 0 aliphatic heterocycles. The minimum Gasteiger partial charge on any atom is -0.464 e. The zero-order chi connectivity index (χ0) is 16.5. The fourth-order valence-corrected chi connectivity index (χ4v) is 1.78. The van der Waals surface area contributed by atoms with Crippen LogP contribution in [0.4, 0.5) is 0 Å². The van der Waals surface area contributed by atoms with Crippen molar-refractivity contribution in [2.24, 2.45) is 0 Å². The van der Waals surface area contributed by atoms with Gasteiger partial charge in [0.2, 0.25) is 0 Å². The Hall–Kier alpha value is -2.29. The number of hydrogen-bond donors (Lipinski definition) is 2. The summed E-state index contributed by atoms with van der Waals surface area (Å²) in [7, 11) is 0. The van der Waals surface area contributed by atoms with Crippen LogP contribution in [0.25, 0.3) is 0 Å². The van der Waals surface area contributed by atoms with Crippen molar-refractivity contribution in [1.82, 2.24) is 5.32 Å². The summed E-state index contributed by atoms with van der Waals surface area (Å²) in [6, 6.07) is 5.17. The Morgan fingerprint density at radius 1 is 1.36 bits per heavy atom. The third-order valence-electron chi connectivity index (χ3n) is 2.61. The minimum atomic E-state index is -0.892. The Bertz CT molecular complexity index is 534. The van der Waals surface area contributed by atoms with Crippen LogP contribution in [0.1, 0.15) is 22.8 Å². The first-order chi connectivity index (χ1) is 10.5. The second-order valence-electron chi connectivity index (χ2n) is 4.15. The number of carbonyl (C=O) groups excluding carboxylic acids is 2. The van der Waals surface area contributed by atoms with Crippen molar-refractivity contribution in [2.75, 3.05) is 12.4 Å². The molecule has 1 rings (SSSR count). The second kappa shape index (κ2) is 8.88. The zero-order valence-electron chi connectivity index (χ0n) is 11.9. The summed E-state index contributed by atoms with van der Waals surface area (Å²) in [5.41, 5.74) is 0.852. The summed E-state index contributed by atoms with van der Waals surface area (Å²) in [6.45, 7) is 1.68. The monoisotopic (exact) mass is 328 g/mol. The molecule has 120 valence electrons. The molecule has 1 unspecified atom stereocenters. The summed E-state index contributed by atoms with van der Waals surface area (Å²) < 4.78 is 4.82. The van der Waals surface area contributed by atoms with E-state index in [1.54, 1.807) is 6.92 Å². The molecular weight excluding hydrogens is 312 g/mol. The summed E-state index contributed by atoms with van der Waals surface area (Å²) in [5.74, 6) is -0.907. The number of benzene rings is 1. The third-order valence-corrected chi connectivity index (χ3v) is 2.98. The Morgan fingerprint density at radius 3 is 2.50 bits per heavy atom. The third kappa shape index (κ3) is 5.60. The van der Waals surface area contributed by atoms with E-state index >= 15 is 0 Å². The molecule has 1 N–H and O–H groups in total. The summed E-state index contributed by atoms with van der Waals surface area (Å²) in [4.78, 5) is 37.9. The van der Waals surface area contributed by atoms with E-state index in [1.807, 2.05) is 0 Å². The molecule has 0 aliphatic carbocycles. The van der Waals surface area contributed by atoms with Gasteiger partial charge < -0.3 is 14.9 Å². The van der Waals surface area contributed by atoms with Gasteiger partial charge in [-0.05, 0) is 24.6 Å². The molecule has 0 saturated carbocycles. The highest BCUT2D eigenvalue weighted by Crippen LogP contribution is 2.07. The van der Waals surface area contributed by atoms with Crippen LogP contribution in [0.5, 0.6) is 0 Å². The molecule has 0 saturated heterocycles. The first-order valence-corrected chi connectivity index (χ1v) is 7.05. The lowest BCUT2D eigenvalue weighted by atomic mass is 10.1. The normalized spacial score (nSPS) is 11.4. The molecule has 9 heteroatoms. The summed E-state index contributed by atoms with van der Waals surface area (Å²) >= 11 is 4.00. The van der Waals surface area contributed by atoms with Gasteiger partial charge in [-0.25, -0.2) is 4.79 Å². The van der Waals surface area contributed by atoms with Gasteiger partial charge in [-0.15, -0.1) is 10.1 Å². The van der Waals surface area contributed by atoms with Gasteiger partial charge in [-0.3, -0.25) is 4.79 Å². The molecule has 1 aromatic rings. The van der Waals surface area contributed by atoms with Crippen molar-refractivity contribution in [3.63, 3.8) is 0 Å². The van der Waals surface area contributed by atoms with Crippen LogP contribution in [0.3, 0.4) is 0 Å². The number of nitrogens with zero attached hydrogens (tertiary/aromatic N) is 1. The van der Waals surface area contributed by atoms with E-state index in [0.717, 1.165) is 0 Å². The molecule has 0 aliphatic rings. The van der Waals surface area contributed by atoms with Crippen molar-refractivity contribution in [2.45, 2.75) is 19.6 Å². The van der Waals surface area contributed by atoms with Crippen LogP contribution in [0.2, 0.25) is 0 Å². The Kier molecular flexibility index (Phi) is 7.17. The van der Waals surface area contributed by atoms with E-state index < -0.39 is 23.0 Å². The van der Waals surface area contributed by atoms with Gasteiger partial charge in [-0.2, -0.15) is 12.6 Å². The lowest BCUT2D eigenvalue weighted by molar-refractivity contribution is -0.763. The average Bonchev–Trinajstić information content (AvgIpc) is 2.51. The minimum absolute atomic E-state index is 0.110. The van der Waals surface area contributed by atoms with Crippen LogP contribution in [0.15, 0.2) is 24.3 Å². The van der Waals surface area contributed by atoms with Gasteiger partial charge in [-0.1, -0.05) is 12.1 Å². The van der Waals surface area contributed by atoms with E-state index in [1.165, 1.54) is 24.3 Å². The van der Waals surface area contributed by atoms with Crippen molar-refractivity contribution in [1.29, 1.82) is 0 Å². The van der Waals surface area contributed by atoms with E-state index in [2.05, 4.69) is 22.8 Å². The van der Waals surface area contributed by atoms with Crippen molar-refractivity contribution in [3.05, 3.63) is 45.5 Å². The molecule has 0 aromatic heterocycles. The van der Waals surface area contributed by atoms with Gasteiger partial charge in [0, 0.05) is 11.3 Å². The predicted molar refractivity (Wildman–Crippen MR) is 80.0 cm³/mol. The summed E-state index contributed by atoms with van der Waals surface area (Å²) in [5, 5.41) is 11.7.